The van der Waals surface area contributed by atoms with E-state index in [1.165, 1.54) is 23.1 Å². The van der Waals surface area contributed by atoms with Crippen LogP contribution in [-0.4, -0.2) is 41.8 Å². The minimum atomic E-state index is -0.331. The highest BCUT2D eigenvalue weighted by Gasteiger charge is 2.28. The van der Waals surface area contributed by atoms with Crippen molar-refractivity contribution in [1.29, 1.82) is 0 Å². The van der Waals surface area contributed by atoms with E-state index in [0.717, 1.165) is 16.9 Å². The highest BCUT2D eigenvalue weighted by Crippen LogP contribution is 2.28. The van der Waals surface area contributed by atoms with Gasteiger partial charge in [0.1, 0.15) is 18.1 Å². The molecule has 1 heterocycles. The smallest absolute Gasteiger partial charge is 0.246 e. The third-order valence-corrected chi connectivity index (χ3v) is 4.84. The molecule has 0 N–H and O–H groups in total. The summed E-state index contributed by atoms with van der Waals surface area (Å²) in [4.78, 5) is 28.3. The number of carbonyl (C=O) groups is 2. The Bertz CT molecular complexity index is 907. The maximum Gasteiger partial charge on any atom is 0.246 e. The normalized spacial score (nSPS) is 18.0. The number of halogens is 1. The zero-order valence-electron chi connectivity index (χ0n) is 16.3. The molecule has 2 aromatic rings. The van der Waals surface area contributed by atoms with Gasteiger partial charge in [-0.3, -0.25) is 9.59 Å². The quantitative estimate of drug-likeness (QED) is 0.576. The second-order valence-corrected chi connectivity index (χ2v) is 6.72. The van der Waals surface area contributed by atoms with Crippen LogP contribution in [-0.2, 0) is 16.1 Å². The van der Waals surface area contributed by atoms with Crippen molar-refractivity contribution in [2.75, 3.05) is 20.2 Å². The minimum absolute atomic E-state index is 0.0525. The van der Waals surface area contributed by atoms with E-state index in [2.05, 4.69) is 6.58 Å². The maximum absolute atomic E-state index is 13.3. The van der Waals surface area contributed by atoms with Crippen LogP contribution in [0.3, 0.4) is 0 Å². The third-order valence-electron chi connectivity index (χ3n) is 4.84. The van der Waals surface area contributed by atoms with Crippen molar-refractivity contribution in [3.8, 4) is 5.75 Å². The number of hydrogen-bond donors (Lipinski definition) is 0. The van der Waals surface area contributed by atoms with Gasteiger partial charge >= 0.3 is 0 Å². The number of nitrogens with zero attached hydrogens (tertiary/aromatic N) is 2. The average molecular weight is 394 g/mol. The first-order valence-corrected chi connectivity index (χ1v) is 9.27. The number of amides is 2. The molecule has 0 aromatic heterocycles. The van der Waals surface area contributed by atoms with Gasteiger partial charge in [-0.1, -0.05) is 43.0 Å². The Morgan fingerprint density at radius 2 is 1.90 bits per heavy atom. The van der Waals surface area contributed by atoms with Gasteiger partial charge in [0.2, 0.25) is 11.8 Å². The molecular weight excluding hydrogens is 371 g/mol. The average Bonchev–Trinajstić information content (AvgIpc) is 2.74. The Morgan fingerprint density at radius 1 is 1.21 bits per heavy atom. The van der Waals surface area contributed by atoms with Gasteiger partial charge < -0.3 is 14.5 Å². The summed E-state index contributed by atoms with van der Waals surface area (Å²) in [6.07, 6.45) is 4.99. The lowest BCUT2D eigenvalue weighted by molar-refractivity contribution is -0.139. The first-order valence-electron chi connectivity index (χ1n) is 9.27. The number of benzene rings is 2. The molecule has 0 bridgehead atoms. The van der Waals surface area contributed by atoms with Crippen molar-refractivity contribution >= 4 is 11.8 Å². The zero-order valence-corrected chi connectivity index (χ0v) is 16.3. The van der Waals surface area contributed by atoms with Gasteiger partial charge in [0.05, 0.1) is 13.2 Å². The van der Waals surface area contributed by atoms with Gasteiger partial charge in [-0.05, 0) is 41.5 Å². The summed E-state index contributed by atoms with van der Waals surface area (Å²) < 4.78 is 18.5. The Balaban J connectivity index is 1.96. The number of carbonyl (C=O) groups excluding carboxylic acids is 2. The molecule has 0 spiro atoms. The lowest BCUT2D eigenvalue weighted by Gasteiger charge is -2.34. The van der Waals surface area contributed by atoms with Crippen molar-refractivity contribution in [1.82, 2.24) is 9.80 Å². The highest BCUT2D eigenvalue weighted by atomic mass is 19.1. The maximum atomic E-state index is 13.3. The Labute approximate surface area is 169 Å². The van der Waals surface area contributed by atoms with E-state index >= 15 is 0 Å². The van der Waals surface area contributed by atoms with Crippen LogP contribution in [0.2, 0.25) is 0 Å². The third kappa shape index (κ3) is 4.90. The van der Waals surface area contributed by atoms with Crippen LogP contribution < -0.4 is 4.74 Å². The molecule has 2 amide bonds. The summed E-state index contributed by atoms with van der Waals surface area (Å²) in [6, 6.07) is 13.2. The largest absolute Gasteiger partial charge is 0.497 e. The Hall–Kier alpha value is -3.41. The molecule has 1 aliphatic rings. The van der Waals surface area contributed by atoms with Crippen LogP contribution in [0.25, 0.3) is 0 Å². The summed E-state index contributed by atoms with van der Waals surface area (Å²) >= 11 is 0. The SMILES string of the molecule is C=CC(=O)N1C/C=C\[C@H](c2ccc(OC)cc2)N(Cc2ccc(F)cc2)C(=O)C1. The molecule has 0 fully saturated rings. The highest BCUT2D eigenvalue weighted by molar-refractivity contribution is 5.91. The van der Waals surface area contributed by atoms with Gasteiger partial charge in [-0.15, -0.1) is 0 Å². The monoisotopic (exact) mass is 394 g/mol. The molecule has 2 aromatic carbocycles. The van der Waals surface area contributed by atoms with Gasteiger partial charge in [-0.25, -0.2) is 4.39 Å². The molecule has 0 saturated carbocycles. The summed E-state index contributed by atoms with van der Waals surface area (Å²) in [7, 11) is 1.60. The fourth-order valence-electron chi connectivity index (χ4n) is 3.26. The molecule has 0 radical (unpaired) electrons. The zero-order chi connectivity index (χ0) is 20.8. The molecule has 0 saturated heterocycles. The van der Waals surface area contributed by atoms with Crippen LogP contribution in [0.1, 0.15) is 17.2 Å². The molecular formula is C23H23FN2O3. The van der Waals surface area contributed by atoms with Crippen molar-refractivity contribution in [2.45, 2.75) is 12.6 Å². The summed E-state index contributed by atoms with van der Waals surface area (Å²) in [6.45, 7) is 4.06. The van der Waals surface area contributed by atoms with E-state index < -0.39 is 0 Å². The molecule has 3 rings (SSSR count). The van der Waals surface area contributed by atoms with Crippen molar-refractivity contribution in [3.63, 3.8) is 0 Å². The number of hydrogen-bond acceptors (Lipinski definition) is 3. The molecule has 5 nitrogen and oxygen atoms in total. The molecule has 6 heteroatoms. The predicted octanol–water partition coefficient (Wildman–Crippen LogP) is 3.49. The molecule has 1 atom stereocenters. The summed E-state index contributed by atoms with van der Waals surface area (Å²) in [5.74, 6) is -0.104. The van der Waals surface area contributed by atoms with Gasteiger partial charge in [0.25, 0.3) is 0 Å². The van der Waals surface area contributed by atoms with Crippen molar-refractivity contribution < 1.29 is 18.7 Å². The first kappa shape index (κ1) is 20.3. The van der Waals surface area contributed by atoms with Crippen molar-refractivity contribution in [3.05, 3.63) is 90.3 Å². The summed E-state index contributed by atoms with van der Waals surface area (Å²) in [5, 5.41) is 0. The fraction of sp³-hybridized carbons (Fsp3) is 0.217. The van der Waals surface area contributed by atoms with Gasteiger partial charge in [-0.2, -0.15) is 0 Å². The molecule has 0 aliphatic carbocycles. The standard InChI is InChI=1S/C23H23FN2O3/c1-3-22(27)25-14-4-5-21(18-8-12-20(29-2)13-9-18)26(23(28)16-25)15-17-6-10-19(24)11-7-17/h3-13,21H,1,14-16H2,2H3/b5-4-/t21-/m1/s1. The first-order chi connectivity index (χ1) is 14.0. The van der Waals surface area contributed by atoms with E-state index in [1.54, 1.807) is 24.1 Å². The molecule has 150 valence electrons. The molecule has 1 aliphatic heterocycles. The van der Waals surface area contributed by atoms with Crippen LogP contribution in [0.4, 0.5) is 4.39 Å². The van der Waals surface area contributed by atoms with Gasteiger partial charge in [0, 0.05) is 13.1 Å². The Kier molecular flexibility index (Phi) is 6.44. The number of rotatable bonds is 5. The second-order valence-electron chi connectivity index (χ2n) is 6.72. The van der Waals surface area contributed by atoms with Crippen molar-refractivity contribution in [2.24, 2.45) is 0 Å². The molecule has 29 heavy (non-hydrogen) atoms. The van der Waals surface area contributed by atoms with E-state index in [-0.39, 0.29) is 36.8 Å². The van der Waals surface area contributed by atoms with Crippen LogP contribution in [0.5, 0.6) is 5.75 Å². The lowest BCUT2D eigenvalue weighted by Crippen LogP contribution is -2.44. The van der Waals surface area contributed by atoms with E-state index in [4.69, 9.17) is 4.74 Å². The van der Waals surface area contributed by atoms with E-state index in [9.17, 15) is 14.0 Å². The number of ether oxygens (including phenoxy) is 1. The van der Waals surface area contributed by atoms with E-state index in [0.29, 0.717) is 6.54 Å². The summed E-state index contributed by atoms with van der Waals surface area (Å²) in [5.41, 5.74) is 1.72. The minimum Gasteiger partial charge on any atom is -0.497 e. The van der Waals surface area contributed by atoms with Crippen LogP contribution >= 0.6 is 0 Å². The second kappa shape index (κ2) is 9.19. The fourth-order valence-corrected chi connectivity index (χ4v) is 3.26. The topological polar surface area (TPSA) is 49.9 Å². The van der Waals surface area contributed by atoms with E-state index in [1.807, 2.05) is 36.4 Å². The van der Waals surface area contributed by atoms with Crippen LogP contribution in [0.15, 0.2) is 73.3 Å². The molecule has 0 unspecified atom stereocenters. The lowest BCUT2D eigenvalue weighted by atomic mass is 10.0. The van der Waals surface area contributed by atoms with Crippen LogP contribution in [0, 0.1) is 5.82 Å². The van der Waals surface area contributed by atoms with Gasteiger partial charge in [0.15, 0.2) is 0 Å². The number of methoxy groups -OCH3 is 1. The predicted molar refractivity (Wildman–Crippen MR) is 109 cm³/mol. The Morgan fingerprint density at radius 3 is 2.52 bits per heavy atom.